The molecule has 0 saturated carbocycles. The molecule has 21 heteroatoms. The molecule has 0 N–H and O–H groups in total. The topological polar surface area (TPSA) is 219 Å². The fourth-order valence-corrected chi connectivity index (χ4v) is 12.2. The van der Waals surface area contributed by atoms with Crippen LogP contribution in [0, 0.1) is 13.8 Å². The molecule has 0 spiro atoms. The lowest BCUT2D eigenvalue weighted by atomic mass is 9.95. The molecule has 0 aliphatic heterocycles. The number of fused-ring (bicyclic) bond motifs is 2. The number of carbonyl (C=O) groups is 2. The summed E-state index contributed by atoms with van der Waals surface area (Å²) in [6, 6.07) is 27.1. The average Bonchev–Trinajstić information content (AvgIpc) is 4.00. The molecule has 0 atom stereocenters. The fourth-order valence-electron chi connectivity index (χ4n) is 8.54. The van der Waals surface area contributed by atoms with E-state index >= 15 is 0 Å². The minimum atomic E-state index is -4.41. The second kappa shape index (κ2) is 20.6. The number of pyridine rings is 4. The zero-order valence-electron chi connectivity index (χ0n) is 41.8. The van der Waals surface area contributed by atoms with Crippen molar-refractivity contribution in [3.8, 4) is 33.4 Å². The summed E-state index contributed by atoms with van der Waals surface area (Å²) < 4.78 is 73.2. The van der Waals surface area contributed by atoms with E-state index in [1.165, 1.54) is 87.1 Å². The van der Waals surface area contributed by atoms with Crippen molar-refractivity contribution in [1.29, 1.82) is 0 Å². The lowest BCUT2D eigenvalue weighted by Crippen LogP contribution is -2.25. The van der Waals surface area contributed by atoms with Crippen LogP contribution in [0.5, 0.6) is 0 Å². The van der Waals surface area contributed by atoms with Crippen molar-refractivity contribution in [2.75, 3.05) is 13.2 Å². The SMILES string of the molecule is CCOC(=O)c1cc2c(-c3cc(=O)n(C)cc3-c3ccccc3)cn(C)c(=O)c2n1S(=O)(=O)c1ccc(C)cc1.CCOC(=O)c1cc2c(-c3cc(=O)n(C)cc3Br)cn(C)c(=O)c2n1S(=O)(=O)c1ccc(C)cc1. The Hall–Kier alpha value is -8.14. The maximum absolute atomic E-state index is 14.0. The number of esters is 2. The second-order valence-corrected chi connectivity index (χ2v) is 21.9. The number of hydrogen-bond donors (Lipinski definition) is 0. The first-order chi connectivity index (χ1) is 35.5. The monoisotopic (exact) mass is 1120 g/mol. The van der Waals surface area contributed by atoms with E-state index < -0.39 is 43.1 Å². The minimum Gasteiger partial charge on any atom is -0.461 e. The van der Waals surface area contributed by atoms with Gasteiger partial charge >= 0.3 is 11.9 Å². The lowest BCUT2D eigenvalue weighted by molar-refractivity contribution is 0.0509. The maximum Gasteiger partial charge on any atom is 0.356 e. The Kier molecular flexibility index (Phi) is 14.6. The molecule has 9 rings (SSSR count). The predicted octanol–water partition coefficient (Wildman–Crippen LogP) is 7.29. The third-order valence-electron chi connectivity index (χ3n) is 12.3. The standard InChI is InChI=1S/C30H27N3O6S.C24H22BrN3O6S/c1-5-39-30(36)26-15-23-25(22-16-27(34)31(3)17-24(22)20-9-7-6-8-10-20)18-32(4)29(35)28(23)33(26)40(37,38)21-13-11-19(2)12-14-21;1-5-34-24(31)20-10-17-18(16-11-21(29)26(3)13-19(16)25)12-27(4)23(30)22(17)28(20)35(32,33)15-8-6-14(2)7-9-15/h6-18H,5H2,1-4H3;6-13H,5H2,1-4H3. The molecule has 0 aliphatic rings. The third kappa shape index (κ3) is 9.76. The molecule has 0 saturated heterocycles. The summed E-state index contributed by atoms with van der Waals surface area (Å²) in [5.41, 5.74) is 2.00. The number of aromatic nitrogens is 6. The third-order valence-corrected chi connectivity index (χ3v) is 16.4. The molecular formula is C54H49BrN6O12S2. The van der Waals surface area contributed by atoms with Gasteiger partial charge in [0.25, 0.3) is 42.3 Å². The summed E-state index contributed by atoms with van der Waals surface area (Å²) in [5, 5.41) is 0.396. The van der Waals surface area contributed by atoms with Crippen LogP contribution in [0.1, 0.15) is 46.0 Å². The molecule has 0 unspecified atom stereocenters. The second-order valence-electron chi connectivity index (χ2n) is 17.5. The maximum atomic E-state index is 14.0. The summed E-state index contributed by atoms with van der Waals surface area (Å²) in [6.07, 6.45) is 6.31. The van der Waals surface area contributed by atoms with Gasteiger partial charge in [-0.3, -0.25) is 19.2 Å². The largest absolute Gasteiger partial charge is 0.461 e. The normalized spacial score (nSPS) is 11.6. The molecule has 6 aromatic heterocycles. The quantitative estimate of drug-likeness (QED) is 0.117. The Balaban J connectivity index is 0.000000201. The Labute approximate surface area is 438 Å². The van der Waals surface area contributed by atoms with Gasteiger partial charge in [-0.05, 0) is 91.1 Å². The molecule has 0 radical (unpaired) electrons. The van der Waals surface area contributed by atoms with Gasteiger partial charge in [-0.25, -0.2) is 34.4 Å². The Morgan fingerprint density at radius 2 is 0.880 bits per heavy atom. The average molecular weight is 1120 g/mol. The van der Waals surface area contributed by atoms with Crippen molar-refractivity contribution in [3.05, 3.63) is 196 Å². The highest BCUT2D eigenvalue weighted by Crippen LogP contribution is 2.38. The molecule has 75 heavy (non-hydrogen) atoms. The molecule has 0 fully saturated rings. The molecule has 6 heterocycles. The number of halogens is 1. The Bertz CT molecular complexity index is 4270. The Morgan fingerprint density at radius 3 is 1.31 bits per heavy atom. The van der Waals surface area contributed by atoms with Crippen molar-refractivity contribution in [3.63, 3.8) is 0 Å². The fraction of sp³-hybridized carbons (Fsp3) is 0.185. The van der Waals surface area contributed by atoms with Crippen LogP contribution in [0.3, 0.4) is 0 Å². The number of aryl methyl sites for hydroxylation is 6. The number of benzene rings is 3. The summed E-state index contributed by atoms with van der Waals surface area (Å²) in [5.74, 6) is -1.79. The van der Waals surface area contributed by atoms with E-state index in [9.17, 15) is 45.6 Å². The van der Waals surface area contributed by atoms with Gasteiger partial charge in [-0.15, -0.1) is 0 Å². The van der Waals surface area contributed by atoms with Crippen LogP contribution in [0.4, 0.5) is 0 Å². The van der Waals surface area contributed by atoms with Crippen LogP contribution in [-0.4, -0.2) is 68.2 Å². The number of rotatable bonds is 11. The van der Waals surface area contributed by atoms with Crippen LogP contribution in [-0.2, 0) is 57.7 Å². The van der Waals surface area contributed by atoms with Crippen molar-refractivity contribution in [1.82, 2.24) is 26.2 Å². The molecule has 9 aromatic rings. The van der Waals surface area contributed by atoms with Gasteiger partial charge in [0.1, 0.15) is 22.4 Å². The first-order valence-corrected chi connectivity index (χ1v) is 26.8. The molecule has 3 aromatic carbocycles. The highest BCUT2D eigenvalue weighted by atomic mass is 79.9. The molecule has 386 valence electrons. The van der Waals surface area contributed by atoms with Crippen molar-refractivity contribution < 1.29 is 35.9 Å². The van der Waals surface area contributed by atoms with Crippen LogP contribution in [0.2, 0.25) is 0 Å². The number of hydrogen-bond acceptors (Lipinski definition) is 12. The number of carbonyl (C=O) groups excluding carboxylic acids is 2. The molecular weight excluding hydrogens is 1070 g/mol. The van der Waals surface area contributed by atoms with Gasteiger partial charge in [-0.1, -0.05) is 65.7 Å². The van der Waals surface area contributed by atoms with Gasteiger partial charge in [0.2, 0.25) is 0 Å². The molecule has 0 bridgehead atoms. The summed E-state index contributed by atoms with van der Waals surface area (Å²) in [7, 11) is -2.59. The van der Waals surface area contributed by atoms with Crippen molar-refractivity contribution >= 4 is 69.7 Å². The smallest absolute Gasteiger partial charge is 0.356 e. The van der Waals surface area contributed by atoms with Gasteiger partial charge in [0.05, 0.1) is 23.0 Å². The van der Waals surface area contributed by atoms with Crippen molar-refractivity contribution in [2.24, 2.45) is 28.2 Å². The predicted molar refractivity (Wildman–Crippen MR) is 288 cm³/mol. The van der Waals surface area contributed by atoms with E-state index in [-0.39, 0.29) is 67.3 Å². The first kappa shape index (κ1) is 53.2. The van der Waals surface area contributed by atoms with Gasteiger partial charge < -0.3 is 27.7 Å². The summed E-state index contributed by atoms with van der Waals surface area (Å²) in [6.45, 7) is 6.85. The molecule has 0 amide bonds. The number of ether oxygens (including phenoxy) is 2. The van der Waals surface area contributed by atoms with Gasteiger partial charge in [-0.2, -0.15) is 0 Å². The van der Waals surface area contributed by atoms with Crippen LogP contribution >= 0.6 is 15.9 Å². The van der Waals surface area contributed by atoms with E-state index in [1.54, 1.807) is 70.8 Å². The zero-order chi connectivity index (χ0) is 54.4. The summed E-state index contributed by atoms with van der Waals surface area (Å²) in [4.78, 5) is 78.0. The Morgan fingerprint density at radius 1 is 0.493 bits per heavy atom. The highest BCUT2D eigenvalue weighted by molar-refractivity contribution is 9.10. The van der Waals surface area contributed by atoms with Crippen LogP contribution in [0.25, 0.3) is 55.2 Å². The van der Waals surface area contributed by atoms with Gasteiger partial charge in [0.15, 0.2) is 0 Å². The lowest BCUT2D eigenvalue weighted by Gasteiger charge is -2.15. The summed E-state index contributed by atoms with van der Waals surface area (Å²) >= 11 is 3.45. The van der Waals surface area contributed by atoms with Crippen LogP contribution in [0.15, 0.2) is 161 Å². The molecule has 0 aliphatic carbocycles. The van der Waals surface area contributed by atoms with E-state index in [2.05, 4.69) is 15.9 Å². The van der Waals surface area contributed by atoms with E-state index in [0.717, 1.165) is 24.6 Å². The molecule has 18 nitrogen and oxygen atoms in total. The first-order valence-electron chi connectivity index (χ1n) is 23.1. The van der Waals surface area contributed by atoms with E-state index in [0.29, 0.717) is 32.3 Å². The highest BCUT2D eigenvalue weighted by Gasteiger charge is 2.33. The van der Waals surface area contributed by atoms with Crippen molar-refractivity contribution in [2.45, 2.75) is 37.5 Å². The van der Waals surface area contributed by atoms with Crippen LogP contribution < -0.4 is 22.2 Å². The number of nitrogens with zero attached hydrogens (tertiary/aromatic N) is 6. The van der Waals surface area contributed by atoms with Gasteiger partial charge in [0, 0.05) is 103 Å². The minimum absolute atomic E-state index is 0.00267. The van der Waals surface area contributed by atoms with E-state index in [1.807, 2.05) is 44.2 Å². The van der Waals surface area contributed by atoms with E-state index in [4.69, 9.17) is 9.47 Å². The zero-order valence-corrected chi connectivity index (χ0v) is 45.0.